The summed E-state index contributed by atoms with van der Waals surface area (Å²) >= 11 is 0. The predicted molar refractivity (Wildman–Crippen MR) is 87.9 cm³/mol. The number of rotatable bonds is 3. The Morgan fingerprint density at radius 3 is 2.77 bits per heavy atom. The first kappa shape index (κ1) is 15.1. The fraction of sp³-hybridized carbons (Fsp3) is 0.625. The summed E-state index contributed by atoms with van der Waals surface area (Å²) in [4.78, 5) is 4.61. The molecule has 1 saturated carbocycles. The molecule has 6 nitrogen and oxygen atoms in total. The highest BCUT2D eigenvalue weighted by Gasteiger charge is 2.41. The minimum Gasteiger partial charge on any atom is -0.334 e. The molecular weight excluding hydrogens is 276 g/mol. The van der Waals surface area contributed by atoms with Crippen molar-refractivity contribution in [2.24, 2.45) is 16.6 Å². The summed E-state index contributed by atoms with van der Waals surface area (Å²) in [7, 11) is 0. The second-order valence-electron chi connectivity index (χ2n) is 6.45. The molecule has 2 aliphatic rings. The van der Waals surface area contributed by atoms with E-state index in [0.29, 0.717) is 12.5 Å². The van der Waals surface area contributed by atoms with Crippen LogP contribution in [0.4, 0.5) is 0 Å². The SMILES string of the molecule is CC1=C(C)C(N)(C2CCCCC2)NC(=NCc2ccn[nH]2)N1. The van der Waals surface area contributed by atoms with Crippen molar-refractivity contribution in [3.8, 4) is 0 Å². The Balaban J connectivity index is 1.80. The lowest BCUT2D eigenvalue weighted by Crippen LogP contribution is -2.67. The number of hydrogen-bond donors (Lipinski definition) is 4. The number of nitrogens with two attached hydrogens (primary N) is 1. The Morgan fingerprint density at radius 2 is 2.09 bits per heavy atom. The smallest absolute Gasteiger partial charge is 0.197 e. The number of H-pyrrole nitrogens is 1. The summed E-state index contributed by atoms with van der Waals surface area (Å²) in [5.41, 5.74) is 9.60. The van der Waals surface area contributed by atoms with Gasteiger partial charge in [-0.3, -0.25) is 5.10 Å². The van der Waals surface area contributed by atoms with Crippen molar-refractivity contribution >= 4 is 5.96 Å². The molecule has 1 aliphatic carbocycles. The Kier molecular flexibility index (Phi) is 4.20. The first-order valence-corrected chi connectivity index (χ1v) is 8.14. The molecule has 1 atom stereocenters. The van der Waals surface area contributed by atoms with Gasteiger partial charge in [-0.1, -0.05) is 19.3 Å². The minimum absolute atomic E-state index is 0.468. The quantitative estimate of drug-likeness (QED) is 0.687. The monoisotopic (exact) mass is 302 g/mol. The molecule has 5 N–H and O–H groups in total. The highest BCUT2D eigenvalue weighted by atomic mass is 15.3. The molecule has 1 unspecified atom stereocenters. The largest absolute Gasteiger partial charge is 0.334 e. The molecule has 3 rings (SSSR count). The molecule has 0 bridgehead atoms. The van der Waals surface area contributed by atoms with E-state index in [4.69, 9.17) is 5.73 Å². The third-order valence-electron chi connectivity index (χ3n) is 5.03. The van der Waals surface area contributed by atoms with Crippen LogP contribution in [0.1, 0.15) is 51.6 Å². The maximum absolute atomic E-state index is 6.80. The number of nitrogens with zero attached hydrogens (tertiary/aromatic N) is 2. The van der Waals surface area contributed by atoms with Gasteiger partial charge in [0.05, 0.1) is 12.2 Å². The van der Waals surface area contributed by atoms with Gasteiger partial charge in [-0.15, -0.1) is 0 Å². The Hall–Kier alpha value is -1.82. The molecule has 120 valence electrons. The Morgan fingerprint density at radius 1 is 1.32 bits per heavy atom. The van der Waals surface area contributed by atoms with Gasteiger partial charge >= 0.3 is 0 Å². The lowest BCUT2D eigenvalue weighted by Gasteiger charge is -2.45. The van der Waals surface area contributed by atoms with Crippen LogP contribution in [0.15, 0.2) is 28.5 Å². The summed E-state index contributed by atoms with van der Waals surface area (Å²) in [5.74, 6) is 1.22. The highest BCUT2D eigenvalue weighted by Crippen LogP contribution is 2.35. The molecule has 1 aromatic heterocycles. The van der Waals surface area contributed by atoms with E-state index in [0.717, 1.165) is 17.4 Å². The molecule has 1 aliphatic heterocycles. The zero-order valence-corrected chi connectivity index (χ0v) is 13.4. The van der Waals surface area contributed by atoms with Crippen LogP contribution >= 0.6 is 0 Å². The highest BCUT2D eigenvalue weighted by molar-refractivity contribution is 5.84. The van der Waals surface area contributed by atoms with Crippen LogP contribution in [0.3, 0.4) is 0 Å². The first-order chi connectivity index (χ1) is 10.6. The van der Waals surface area contributed by atoms with Gasteiger partial charge < -0.3 is 16.4 Å². The zero-order chi connectivity index (χ0) is 15.6. The lowest BCUT2D eigenvalue weighted by molar-refractivity contribution is 0.215. The van der Waals surface area contributed by atoms with E-state index in [1.807, 2.05) is 6.07 Å². The first-order valence-electron chi connectivity index (χ1n) is 8.14. The minimum atomic E-state index is -0.484. The van der Waals surface area contributed by atoms with Gasteiger partial charge in [0.1, 0.15) is 5.66 Å². The number of guanidine groups is 1. The molecule has 2 heterocycles. The van der Waals surface area contributed by atoms with Crippen molar-refractivity contribution in [1.29, 1.82) is 0 Å². The number of aliphatic imine (C=N–C) groups is 1. The van der Waals surface area contributed by atoms with E-state index in [2.05, 4.69) is 39.7 Å². The van der Waals surface area contributed by atoms with Crippen LogP contribution in [-0.2, 0) is 6.54 Å². The maximum atomic E-state index is 6.80. The maximum Gasteiger partial charge on any atom is 0.197 e. The van der Waals surface area contributed by atoms with E-state index in [-0.39, 0.29) is 0 Å². The van der Waals surface area contributed by atoms with Gasteiger partial charge in [-0.2, -0.15) is 5.10 Å². The van der Waals surface area contributed by atoms with Crippen LogP contribution < -0.4 is 16.4 Å². The molecule has 0 spiro atoms. The average Bonchev–Trinajstić information content (AvgIpc) is 3.05. The summed E-state index contributed by atoms with van der Waals surface area (Å²) in [6.45, 7) is 4.75. The number of nitrogens with one attached hydrogen (secondary N) is 3. The molecule has 0 aromatic carbocycles. The van der Waals surface area contributed by atoms with E-state index in [1.54, 1.807) is 6.20 Å². The standard InChI is InChI=1S/C16H26N6/c1-11-12(2)20-15(18-10-14-8-9-19-22-14)21-16(11,17)13-6-4-3-5-7-13/h8-9,13H,3-7,10,17H2,1-2H3,(H,19,22)(H2,18,20,21). The predicted octanol–water partition coefficient (Wildman–Crippen LogP) is 1.99. The fourth-order valence-corrected chi connectivity index (χ4v) is 3.48. The van der Waals surface area contributed by atoms with Crippen LogP contribution in [0.25, 0.3) is 0 Å². The normalized spacial score (nSPS) is 28.6. The zero-order valence-electron chi connectivity index (χ0n) is 13.4. The Labute approximate surface area is 131 Å². The second kappa shape index (κ2) is 6.12. The lowest BCUT2D eigenvalue weighted by atomic mass is 9.76. The van der Waals surface area contributed by atoms with Crippen molar-refractivity contribution in [1.82, 2.24) is 20.8 Å². The number of aromatic nitrogens is 2. The van der Waals surface area contributed by atoms with Crippen molar-refractivity contribution in [3.63, 3.8) is 0 Å². The summed E-state index contributed by atoms with van der Waals surface area (Å²) in [6, 6.07) is 1.93. The van der Waals surface area contributed by atoms with Crippen molar-refractivity contribution < 1.29 is 0 Å². The second-order valence-corrected chi connectivity index (χ2v) is 6.45. The molecular formula is C16H26N6. The van der Waals surface area contributed by atoms with Crippen molar-refractivity contribution in [3.05, 3.63) is 29.2 Å². The molecule has 1 fully saturated rings. The van der Waals surface area contributed by atoms with Gasteiger partial charge in [0.15, 0.2) is 5.96 Å². The molecule has 22 heavy (non-hydrogen) atoms. The van der Waals surface area contributed by atoms with Crippen molar-refractivity contribution in [2.45, 2.75) is 58.2 Å². The summed E-state index contributed by atoms with van der Waals surface area (Å²) < 4.78 is 0. The molecule has 0 amide bonds. The third kappa shape index (κ3) is 2.88. The molecule has 1 aromatic rings. The summed E-state index contributed by atoms with van der Waals surface area (Å²) in [5, 5.41) is 13.7. The fourth-order valence-electron chi connectivity index (χ4n) is 3.48. The van der Waals surface area contributed by atoms with Gasteiger partial charge in [0.25, 0.3) is 0 Å². The van der Waals surface area contributed by atoms with Gasteiger partial charge in [0, 0.05) is 11.9 Å². The third-order valence-corrected chi connectivity index (χ3v) is 5.03. The Bertz CT molecular complexity index is 567. The van der Waals surface area contributed by atoms with Crippen LogP contribution in [0.5, 0.6) is 0 Å². The van der Waals surface area contributed by atoms with Gasteiger partial charge in [-0.05, 0) is 44.2 Å². The molecule has 6 heteroatoms. The van der Waals surface area contributed by atoms with Gasteiger partial charge in [-0.25, -0.2) is 4.99 Å². The number of aromatic amines is 1. The van der Waals surface area contributed by atoms with Crippen molar-refractivity contribution in [2.75, 3.05) is 0 Å². The molecule has 0 saturated heterocycles. The van der Waals surface area contributed by atoms with Crippen LogP contribution in [0.2, 0.25) is 0 Å². The van der Waals surface area contributed by atoms with E-state index < -0.39 is 5.66 Å². The number of hydrogen-bond acceptors (Lipinski definition) is 3. The van der Waals surface area contributed by atoms with Crippen LogP contribution in [-0.4, -0.2) is 21.8 Å². The van der Waals surface area contributed by atoms with E-state index in [1.165, 1.54) is 37.7 Å². The van der Waals surface area contributed by atoms with E-state index in [9.17, 15) is 0 Å². The summed E-state index contributed by atoms with van der Waals surface area (Å²) in [6.07, 6.45) is 7.97. The molecule has 0 radical (unpaired) electrons. The van der Waals surface area contributed by atoms with Gasteiger partial charge in [0.2, 0.25) is 0 Å². The average molecular weight is 302 g/mol. The van der Waals surface area contributed by atoms with Crippen LogP contribution in [0, 0.1) is 5.92 Å². The number of allylic oxidation sites excluding steroid dienone is 1. The van der Waals surface area contributed by atoms with E-state index >= 15 is 0 Å². The topological polar surface area (TPSA) is 91.1 Å².